The summed E-state index contributed by atoms with van der Waals surface area (Å²) < 4.78 is 13.8. The molecule has 8 heteroatoms. The maximum Gasteiger partial charge on any atom is 0.260 e. The minimum atomic E-state index is -0.280. The molecule has 2 amide bonds. The molecule has 4 aromatic carbocycles. The lowest BCUT2D eigenvalue weighted by Gasteiger charge is -2.32. The highest BCUT2D eigenvalue weighted by Gasteiger charge is 2.30. The number of phenols is 2. The van der Waals surface area contributed by atoms with E-state index < -0.39 is 0 Å². The average molecular weight is 931 g/mol. The summed E-state index contributed by atoms with van der Waals surface area (Å²) >= 11 is 0. The second-order valence-electron chi connectivity index (χ2n) is 24.8. The number of amides is 2. The molecule has 1 aliphatic carbocycles. The smallest absolute Gasteiger partial charge is 0.260 e. The minimum Gasteiger partial charge on any atom is -0.507 e. The van der Waals surface area contributed by atoms with Crippen molar-refractivity contribution in [2.75, 3.05) is 13.2 Å². The van der Waals surface area contributed by atoms with Crippen LogP contribution in [0.5, 0.6) is 23.0 Å². The number of carbonyl (C=O) groups is 2. The molecule has 8 nitrogen and oxygen atoms in total. The number of nitrogens with zero attached hydrogens (tertiary/aromatic N) is 2. The van der Waals surface area contributed by atoms with Crippen molar-refractivity contribution >= 4 is 11.8 Å². The molecule has 8 bridgehead atoms. The zero-order valence-corrected chi connectivity index (χ0v) is 45.6. The van der Waals surface area contributed by atoms with Crippen LogP contribution in [0.4, 0.5) is 0 Å². The third-order valence-electron chi connectivity index (χ3n) is 13.5. The number of carbonyl (C=O) groups excluding carboxylic acids is 2. The first-order valence-corrected chi connectivity index (χ1v) is 25.1. The monoisotopic (exact) mass is 931 g/mol. The molecule has 4 aromatic rings. The minimum absolute atomic E-state index is 0.0239. The van der Waals surface area contributed by atoms with E-state index in [1.54, 1.807) is 0 Å². The summed E-state index contributed by atoms with van der Waals surface area (Å²) in [6, 6.07) is 17.1. The van der Waals surface area contributed by atoms with Crippen LogP contribution in [-0.4, -0.2) is 69.2 Å². The van der Waals surface area contributed by atoms with Crippen LogP contribution >= 0.6 is 0 Å². The SMILES string of the molecule is CC(C)N(C(=O)COc1c2cc(C(C)(C)C)cc1Cc1cc(C(C)(C)C)cc(c1OCC(=O)N(C(C)C)C(C)C)Cc1cc(C(C)(C)C)cc(c1O)Cc1cc(C(C)(C)C)cc(c1O)C2)C(C)C. The Labute approximate surface area is 410 Å². The highest BCUT2D eigenvalue weighted by molar-refractivity contribution is 5.79. The third kappa shape index (κ3) is 12.4. The Morgan fingerprint density at radius 2 is 0.603 bits per heavy atom. The Balaban J connectivity index is 1.95. The van der Waals surface area contributed by atoms with E-state index in [0.29, 0.717) is 37.2 Å². The lowest BCUT2D eigenvalue weighted by Crippen LogP contribution is -2.44. The van der Waals surface area contributed by atoms with E-state index in [2.05, 4.69) is 132 Å². The molecule has 0 unspecified atom stereocenters. The van der Waals surface area contributed by atoms with Crippen LogP contribution in [0.15, 0.2) is 48.5 Å². The van der Waals surface area contributed by atoms with E-state index in [0.717, 1.165) is 66.8 Å². The van der Waals surface area contributed by atoms with Gasteiger partial charge in [0.25, 0.3) is 11.8 Å². The summed E-state index contributed by atoms with van der Waals surface area (Å²) in [5, 5.41) is 25.0. The molecule has 0 atom stereocenters. The van der Waals surface area contributed by atoms with E-state index in [9.17, 15) is 19.8 Å². The van der Waals surface area contributed by atoms with Gasteiger partial charge < -0.3 is 29.5 Å². The number of fused-ring (bicyclic) bond motifs is 8. The number of ether oxygens (including phenoxy) is 2. The van der Waals surface area contributed by atoms with Crippen molar-refractivity contribution < 1.29 is 29.3 Å². The van der Waals surface area contributed by atoms with E-state index in [1.165, 1.54) is 0 Å². The van der Waals surface area contributed by atoms with Gasteiger partial charge in [-0.3, -0.25) is 9.59 Å². The lowest BCUT2D eigenvalue weighted by molar-refractivity contribution is -0.137. The molecule has 372 valence electrons. The standard InChI is InChI=1S/C60H86N2O6/c1-35(2)61(36(3)4)51(63)33-67-55-43-22-41-27-47(57(9,10)11)25-39(53(41)65)21-40-26-48(58(12,13)14)28-42(54(40)66)23-44-30-50(60(18,19)20)32-46(24-45(55)31-49(29-43)59(15,16)17)56(44)68-34-52(64)62(37(5)6)38(7)8/h25-32,35-38,65-66H,21-24,33-34H2,1-20H3. The summed E-state index contributed by atoms with van der Waals surface area (Å²) in [6.45, 7) is 42.1. The fourth-order valence-corrected chi connectivity index (χ4v) is 9.78. The number of phenolic OH excluding ortho intramolecular Hbond substituents is 2. The number of rotatable bonds is 10. The predicted molar refractivity (Wildman–Crippen MR) is 280 cm³/mol. The van der Waals surface area contributed by atoms with Crippen LogP contribution in [0.3, 0.4) is 0 Å². The molecule has 0 spiro atoms. The van der Waals surface area contributed by atoms with Gasteiger partial charge in [0.15, 0.2) is 13.2 Å². The lowest BCUT2D eigenvalue weighted by atomic mass is 9.79. The number of aromatic hydroxyl groups is 2. The van der Waals surface area contributed by atoms with Crippen LogP contribution < -0.4 is 9.47 Å². The molecule has 0 radical (unpaired) electrons. The van der Waals surface area contributed by atoms with Crippen molar-refractivity contribution in [3.05, 3.63) is 115 Å². The van der Waals surface area contributed by atoms with Gasteiger partial charge in [0.2, 0.25) is 0 Å². The molecule has 68 heavy (non-hydrogen) atoms. The predicted octanol–water partition coefficient (Wildman–Crippen LogP) is 13.0. The Morgan fingerprint density at radius 3 is 0.809 bits per heavy atom. The quantitative estimate of drug-likeness (QED) is 0.145. The molecule has 0 saturated carbocycles. The van der Waals surface area contributed by atoms with E-state index in [-0.39, 0.29) is 82.4 Å². The molecular formula is C60H86N2O6. The zero-order valence-electron chi connectivity index (χ0n) is 45.6. The van der Waals surface area contributed by atoms with Crippen molar-refractivity contribution in [2.24, 2.45) is 0 Å². The normalized spacial score (nSPS) is 13.6. The second kappa shape index (κ2) is 20.2. The van der Waals surface area contributed by atoms with Gasteiger partial charge in [-0.2, -0.15) is 0 Å². The number of hydrogen-bond acceptors (Lipinski definition) is 6. The van der Waals surface area contributed by atoms with Crippen LogP contribution in [-0.2, 0) is 56.9 Å². The van der Waals surface area contributed by atoms with Crippen LogP contribution in [0, 0.1) is 0 Å². The Morgan fingerprint density at radius 1 is 0.412 bits per heavy atom. The van der Waals surface area contributed by atoms with Gasteiger partial charge in [-0.05, 0) is 144 Å². The number of benzene rings is 4. The molecular weight excluding hydrogens is 845 g/mol. The molecule has 0 aliphatic heterocycles. The maximum absolute atomic E-state index is 14.2. The molecule has 0 heterocycles. The first kappa shape index (κ1) is 54.0. The second-order valence-corrected chi connectivity index (χ2v) is 24.8. The van der Waals surface area contributed by atoms with Crippen molar-refractivity contribution in [2.45, 2.75) is 210 Å². The summed E-state index contributed by atoms with van der Waals surface area (Å²) in [6.07, 6.45) is 1.30. The van der Waals surface area contributed by atoms with Crippen molar-refractivity contribution in [3.63, 3.8) is 0 Å². The zero-order chi connectivity index (χ0) is 51.2. The molecule has 0 fully saturated rings. The Hall–Kier alpha value is -4.98. The fourth-order valence-electron chi connectivity index (χ4n) is 9.78. The van der Waals surface area contributed by atoms with Gasteiger partial charge in [0.1, 0.15) is 23.0 Å². The Bertz CT molecular complexity index is 2290. The van der Waals surface area contributed by atoms with Crippen molar-refractivity contribution in [3.8, 4) is 23.0 Å². The summed E-state index contributed by atoms with van der Waals surface area (Å²) in [7, 11) is 0. The van der Waals surface area contributed by atoms with Gasteiger partial charge in [-0.25, -0.2) is 0 Å². The molecule has 2 N–H and O–H groups in total. The largest absolute Gasteiger partial charge is 0.507 e. The average Bonchev–Trinajstić information content (AvgIpc) is 3.17. The summed E-state index contributed by atoms with van der Waals surface area (Å²) in [5.74, 6) is 1.34. The van der Waals surface area contributed by atoms with E-state index in [1.807, 2.05) is 65.2 Å². The molecule has 0 saturated heterocycles. The van der Waals surface area contributed by atoms with Crippen molar-refractivity contribution in [1.29, 1.82) is 0 Å². The number of hydrogen-bond donors (Lipinski definition) is 2. The van der Waals surface area contributed by atoms with Crippen LogP contribution in [0.2, 0.25) is 0 Å². The van der Waals surface area contributed by atoms with Gasteiger partial charge in [0, 0.05) is 49.9 Å². The van der Waals surface area contributed by atoms with Gasteiger partial charge in [-0.1, -0.05) is 132 Å². The topological polar surface area (TPSA) is 99.5 Å². The third-order valence-corrected chi connectivity index (χ3v) is 13.5. The highest BCUT2D eigenvalue weighted by Crippen LogP contribution is 2.44. The van der Waals surface area contributed by atoms with E-state index >= 15 is 0 Å². The van der Waals surface area contributed by atoms with Crippen LogP contribution in [0.1, 0.15) is 205 Å². The fraction of sp³-hybridized carbons (Fsp3) is 0.567. The highest BCUT2D eigenvalue weighted by atomic mass is 16.5. The molecule has 1 aliphatic rings. The van der Waals surface area contributed by atoms with Gasteiger partial charge >= 0.3 is 0 Å². The van der Waals surface area contributed by atoms with Crippen molar-refractivity contribution in [1.82, 2.24) is 9.80 Å². The van der Waals surface area contributed by atoms with Gasteiger partial charge in [-0.15, -0.1) is 0 Å². The first-order valence-electron chi connectivity index (χ1n) is 25.1. The summed E-state index contributed by atoms with van der Waals surface area (Å²) in [4.78, 5) is 32.1. The van der Waals surface area contributed by atoms with E-state index in [4.69, 9.17) is 9.47 Å². The Kier molecular flexibility index (Phi) is 16.0. The first-order chi connectivity index (χ1) is 31.2. The molecule has 0 aromatic heterocycles. The maximum atomic E-state index is 14.2. The summed E-state index contributed by atoms with van der Waals surface area (Å²) in [5.41, 5.74) is 9.62. The van der Waals surface area contributed by atoms with Crippen LogP contribution in [0.25, 0.3) is 0 Å². The molecule has 5 rings (SSSR count). The van der Waals surface area contributed by atoms with Gasteiger partial charge in [0.05, 0.1) is 0 Å².